The van der Waals surface area contributed by atoms with Gasteiger partial charge in [0.2, 0.25) is 0 Å². The molecule has 2 rings (SSSR count). The highest BCUT2D eigenvalue weighted by atomic mass is 19.1. The summed E-state index contributed by atoms with van der Waals surface area (Å²) in [5.41, 5.74) is 6.35. The Hall–Kier alpha value is -0.960. The van der Waals surface area contributed by atoms with Gasteiger partial charge in [0, 0.05) is 11.6 Å². The Balaban J connectivity index is 2.12. The minimum absolute atomic E-state index is 0.257. The lowest BCUT2D eigenvalue weighted by atomic mass is 10.0. The molecule has 0 aromatic heterocycles. The fraction of sp³-hybridized carbons (Fsp3) is 0.500. The lowest BCUT2D eigenvalue weighted by molar-refractivity contribution is 0.535. The van der Waals surface area contributed by atoms with Crippen molar-refractivity contribution in [1.29, 1.82) is 0 Å². The molecule has 0 aliphatic heterocycles. The zero-order valence-electron chi connectivity index (χ0n) is 8.76. The predicted molar refractivity (Wildman–Crippen MR) is 55.4 cm³/mol. The third-order valence-electron chi connectivity index (χ3n) is 3.31. The second-order valence-corrected chi connectivity index (χ2v) is 4.45. The van der Waals surface area contributed by atoms with Crippen molar-refractivity contribution in [2.45, 2.75) is 31.7 Å². The fourth-order valence-electron chi connectivity index (χ4n) is 2.19. The average Bonchev–Trinajstić information content (AvgIpc) is 2.82. The van der Waals surface area contributed by atoms with Crippen molar-refractivity contribution in [1.82, 2.24) is 0 Å². The van der Waals surface area contributed by atoms with E-state index < -0.39 is 11.6 Å². The van der Waals surface area contributed by atoms with Crippen LogP contribution in [0.2, 0.25) is 0 Å². The summed E-state index contributed by atoms with van der Waals surface area (Å²) in [7, 11) is 0. The van der Waals surface area contributed by atoms with Crippen LogP contribution in [0.4, 0.5) is 8.78 Å². The first kappa shape index (κ1) is 10.6. The number of hydrogen-bond acceptors (Lipinski definition) is 1. The molecular weight excluding hydrogens is 196 g/mol. The molecule has 0 bridgehead atoms. The van der Waals surface area contributed by atoms with Gasteiger partial charge < -0.3 is 5.73 Å². The van der Waals surface area contributed by atoms with Gasteiger partial charge >= 0.3 is 0 Å². The highest BCUT2D eigenvalue weighted by Gasteiger charge is 2.49. The molecular formula is C12H15F2N. The fourth-order valence-corrected chi connectivity index (χ4v) is 2.19. The van der Waals surface area contributed by atoms with Gasteiger partial charge in [0.25, 0.3) is 0 Å². The molecule has 2 unspecified atom stereocenters. The smallest absolute Gasteiger partial charge is 0.129 e. The standard InChI is InChI=1S/C12H15F2N/c1-2-9-7-12(9,15)6-8-3-4-10(13)5-11(8)14/h3-5,9H,2,6-7,15H2,1H3. The van der Waals surface area contributed by atoms with E-state index in [-0.39, 0.29) is 5.54 Å². The van der Waals surface area contributed by atoms with Gasteiger partial charge in [0.05, 0.1) is 0 Å². The van der Waals surface area contributed by atoms with E-state index in [1.807, 2.05) is 0 Å². The van der Waals surface area contributed by atoms with Gasteiger partial charge in [-0.2, -0.15) is 0 Å². The number of halogens is 2. The van der Waals surface area contributed by atoms with Crippen LogP contribution in [0.3, 0.4) is 0 Å². The summed E-state index contributed by atoms with van der Waals surface area (Å²) < 4.78 is 26.0. The lowest BCUT2D eigenvalue weighted by Gasteiger charge is -2.11. The van der Waals surface area contributed by atoms with Crippen LogP contribution in [0.5, 0.6) is 0 Å². The summed E-state index contributed by atoms with van der Waals surface area (Å²) in [4.78, 5) is 0. The first-order chi connectivity index (χ1) is 7.05. The summed E-state index contributed by atoms with van der Waals surface area (Å²) in [6, 6.07) is 3.69. The van der Waals surface area contributed by atoms with E-state index in [0.29, 0.717) is 17.9 Å². The number of hydrogen-bond donors (Lipinski definition) is 1. The van der Waals surface area contributed by atoms with Crippen molar-refractivity contribution in [2.24, 2.45) is 11.7 Å². The molecule has 1 nitrogen and oxygen atoms in total. The molecule has 0 heterocycles. The molecule has 1 saturated carbocycles. The molecule has 0 saturated heterocycles. The van der Waals surface area contributed by atoms with Crippen LogP contribution in [0.15, 0.2) is 18.2 Å². The van der Waals surface area contributed by atoms with Gasteiger partial charge in [0.15, 0.2) is 0 Å². The Morgan fingerprint density at radius 1 is 1.47 bits per heavy atom. The minimum atomic E-state index is -0.537. The van der Waals surface area contributed by atoms with Crippen LogP contribution in [0, 0.1) is 17.6 Å². The third-order valence-corrected chi connectivity index (χ3v) is 3.31. The molecule has 0 amide bonds. The maximum Gasteiger partial charge on any atom is 0.129 e. The van der Waals surface area contributed by atoms with E-state index >= 15 is 0 Å². The Bertz CT molecular complexity index is 378. The normalized spacial score (nSPS) is 29.2. The molecule has 0 spiro atoms. The summed E-state index contributed by atoms with van der Waals surface area (Å²) >= 11 is 0. The van der Waals surface area contributed by atoms with Gasteiger partial charge in [0.1, 0.15) is 11.6 Å². The highest BCUT2D eigenvalue weighted by Crippen LogP contribution is 2.45. The molecule has 1 fully saturated rings. The Morgan fingerprint density at radius 2 is 2.20 bits per heavy atom. The largest absolute Gasteiger partial charge is 0.325 e. The second kappa shape index (κ2) is 3.56. The molecule has 1 aromatic rings. The highest BCUT2D eigenvalue weighted by molar-refractivity contribution is 5.24. The quantitative estimate of drug-likeness (QED) is 0.817. The molecule has 2 atom stereocenters. The van der Waals surface area contributed by atoms with Gasteiger partial charge in [-0.25, -0.2) is 8.78 Å². The zero-order valence-corrected chi connectivity index (χ0v) is 8.76. The number of rotatable bonds is 3. The van der Waals surface area contributed by atoms with E-state index in [1.54, 1.807) is 0 Å². The molecule has 2 N–H and O–H groups in total. The second-order valence-electron chi connectivity index (χ2n) is 4.45. The third kappa shape index (κ3) is 2.02. The SMILES string of the molecule is CCC1CC1(N)Cc1ccc(F)cc1F. The van der Waals surface area contributed by atoms with Gasteiger partial charge in [-0.15, -0.1) is 0 Å². The maximum atomic E-state index is 13.3. The van der Waals surface area contributed by atoms with Crippen LogP contribution in [0.1, 0.15) is 25.3 Å². The van der Waals surface area contributed by atoms with Crippen molar-refractivity contribution < 1.29 is 8.78 Å². The molecule has 1 aliphatic carbocycles. The van der Waals surface area contributed by atoms with Gasteiger partial charge in [-0.05, 0) is 30.4 Å². The van der Waals surface area contributed by atoms with E-state index in [2.05, 4.69) is 6.92 Å². The average molecular weight is 211 g/mol. The van der Waals surface area contributed by atoms with Crippen molar-refractivity contribution >= 4 is 0 Å². The minimum Gasteiger partial charge on any atom is -0.325 e. The van der Waals surface area contributed by atoms with Crippen molar-refractivity contribution in [3.8, 4) is 0 Å². The number of nitrogens with two attached hydrogens (primary N) is 1. The van der Waals surface area contributed by atoms with Crippen molar-refractivity contribution in [3.63, 3.8) is 0 Å². The Morgan fingerprint density at radius 3 is 2.73 bits per heavy atom. The van der Waals surface area contributed by atoms with Crippen LogP contribution in [-0.2, 0) is 6.42 Å². The van der Waals surface area contributed by atoms with Crippen molar-refractivity contribution in [3.05, 3.63) is 35.4 Å². The van der Waals surface area contributed by atoms with E-state index in [1.165, 1.54) is 12.1 Å². The molecule has 1 aromatic carbocycles. The van der Waals surface area contributed by atoms with Crippen LogP contribution >= 0.6 is 0 Å². The number of benzene rings is 1. The van der Waals surface area contributed by atoms with Crippen LogP contribution < -0.4 is 5.73 Å². The van der Waals surface area contributed by atoms with E-state index in [4.69, 9.17) is 5.73 Å². The van der Waals surface area contributed by atoms with Crippen LogP contribution in [-0.4, -0.2) is 5.54 Å². The molecule has 15 heavy (non-hydrogen) atoms. The summed E-state index contributed by atoms with van der Waals surface area (Å²) in [5.74, 6) is -0.534. The first-order valence-corrected chi connectivity index (χ1v) is 5.28. The summed E-state index contributed by atoms with van der Waals surface area (Å²) in [5, 5.41) is 0. The van der Waals surface area contributed by atoms with Gasteiger partial charge in [-0.3, -0.25) is 0 Å². The van der Waals surface area contributed by atoms with Crippen molar-refractivity contribution in [2.75, 3.05) is 0 Å². The summed E-state index contributed by atoms with van der Waals surface area (Å²) in [6.07, 6.45) is 2.48. The topological polar surface area (TPSA) is 26.0 Å². The van der Waals surface area contributed by atoms with Crippen LogP contribution in [0.25, 0.3) is 0 Å². The summed E-state index contributed by atoms with van der Waals surface area (Å²) in [6.45, 7) is 2.08. The monoisotopic (exact) mass is 211 g/mol. The van der Waals surface area contributed by atoms with E-state index in [0.717, 1.165) is 18.9 Å². The van der Waals surface area contributed by atoms with Gasteiger partial charge in [-0.1, -0.05) is 19.4 Å². The predicted octanol–water partition coefficient (Wildman–Crippen LogP) is 2.63. The molecule has 0 radical (unpaired) electrons. The first-order valence-electron chi connectivity index (χ1n) is 5.28. The maximum absolute atomic E-state index is 13.3. The molecule has 82 valence electrons. The Kier molecular flexibility index (Phi) is 2.51. The van der Waals surface area contributed by atoms with E-state index in [9.17, 15) is 8.78 Å². The Labute approximate surface area is 88.3 Å². The molecule has 1 aliphatic rings. The zero-order chi connectivity index (χ0) is 11.1. The lowest BCUT2D eigenvalue weighted by Crippen LogP contribution is -2.28. The molecule has 3 heteroatoms.